The second kappa shape index (κ2) is 10.8. The molecule has 0 aliphatic heterocycles. The van der Waals surface area contributed by atoms with Crippen LogP contribution in [-0.4, -0.2) is 26.3 Å². The Balaban J connectivity index is 1.81. The first-order valence-electron chi connectivity index (χ1n) is 10.3. The fourth-order valence-corrected chi connectivity index (χ4v) is 4.34. The smallest absolute Gasteiger partial charge is 0.244 e. The molecule has 0 aliphatic carbocycles. The van der Waals surface area contributed by atoms with Crippen LogP contribution in [0.2, 0.25) is 0 Å². The van der Waals surface area contributed by atoms with E-state index < -0.39 is 32.7 Å². The van der Waals surface area contributed by atoms with Gasteiger partial charge in [-0.1, -0.05) is 49.4 Å². The van der Waals surface area contributed by atoms with Crippen molar-refractivity contribution in [1.29, 1.82) is 0 Å². The fraction of sp³-hybridized carbons (Fsp3) is 0.167. The predicted octanol–water partition coefficient (Wildman–Crippen LogP) is 3.70. The van der Waals surface area contributed by atoms with Crippen LogP contribution in [0.15, 0.2) is 83.8 Å². The molecule has 172 valence electrons. The summed E-state index contributed by atoms with van der Waals surface area (Å²) in [6.07, 6.45) is 0.396. The van der Waals surface area contributed by atoms with Gasteiger partial charge in [0.2, 0.25) is 21.8 Å². The number of halogens is 1. The summed E-state index contributed by atoms with van der Waals surface area (Å²) < 4.78 is 42.1. The molecule has 0 saturated heterocycles. The molecule has 0 spiro atoms. The summed E-state index contributed by atoms with van der Waals surface area (Å²) in [6, 6.07) is 19.1. The monoisotopic (exact) mass is 469 g/mol. The number of carbonyl (C=O) groups is 2. The summed E-state index contributed by atoms with van der Waals surface area (Å²) in [6.45, 7) is 1.74. The normalized spacial score (nSPS) is 12.1. The molecule has 7 nitrogen and oxygen atoms in total. The van der Waals surface area contributed by atoms with Gasteiger partial charge < -0.3 is 10.6 Å². The van der Waals surface area contributed by atoms with E-state index in [0.717, 1.165) is 17.7 Å². The first-order valence-corrected chi connectivity index (χ1v) is 11.8. The maximum Gasteiger partial charge on any atom is 0.244 e. The Morgan fingerprint density at radius 1 is 0.848 bits per heavy atom. The number of hydrogen-bond acceptors (Lipinski definition) is 4. The SMILES string of the molecule is CCC(=O)Nc1ccc(NC(=O)[C@H](Cc2ccccc2)NS(=O)(=O)c2ccccc2F)cc1. The lowest BCUT2D eigenvalue weighted by Crippen LogP contribution is -2.45. The Kier molecular flexibility index (Phi) is 7.92. The van der Waals surface area contributed by atoms with Crippen LogP contribution >= 0.6 is 0 Å². The van der Waals surface area contributed by atoms with Crippen LogP contribution in [0.25, 0.3) is 0 Å². The summed E-state index contributed by atoms with van der Waals surface area (Å²) in [5, 5.41) is 5.38. The van der Waals surface area contributed by atoms with Crippen molar-refractivity contribution in [2.45, 2.75) is 30.7 Å². The molecule has 3 rings (SSSR count). The first kappa shape index (κ1) is 24.1. The number of sulfonamides is 1. The van der Waals surface area contributed by atoms with E-state index >= 15 is 0 Å². The largest absolute Gasteiger partial charge is 0.326 e. The lowest BCUT2D eigenvalue weighted by molar-refractivity contribution is -0.118. The second-order valence-electron chi connectivity index (χ2n) is 7.26. The molecule has 3 aromatic carbocycles. The number of rotatable bonds is 9. The van der Waals surface area contributed by atoms with Gasteiger partial charge in [-0.3, -0.25) is 9.59 Å². The van der Waals surface area contributed by atoms with Crippen molar-refractivity contribution in [1.82, 2.24) is 4.72 Å². The van der Waals surface area contributed by atoms with E-state index in [0.29, 0.717) is 17.8 Å². The molecule has 1 atom stereocenters. The third kappa shape index (κ3) is 6.71. The van der Waals surface area contributed by atoms with Crippen LogP contribution in [0.5, 0.6) is 0 Å². The Morgan fingerprint density at radius 3 is 2.03 bits per heavy atom. The van der Waals surface area contributed by atoms with E-state index in [1.165, 1.54) is 12.1 Å². The van der Waals surface area contributed by atoms with Crippen molar-refractivity contribution >= 4 is 33.2 Å². The maximum absolute atomic E-state index is 14.1. The van der Waals surface area contributed by atoms with Crippen molar-refractivity contribution < 1.29 is 22.4 Å². The summed E-state index contributed by atoms with van der Waals surface area (Å²) >= 11 is 0. The Bertz CT molecular complexity index is 1220. The van der Waals surface area contributed by atoms with Gasteiger partial charge >= 0.3 is 0 Å². The van der Waals surface area contributed by atoms with Crippen molar-refractivity contribution in [2.75, 3.05) is 10.6 Å². The highest BCUT2D eigenvalue weighted by Crippen LogP contribution is 2.17. The van der Waals surface area contributed by atoms with E-state index in [-0.39, 0.29) is 12.3 Å². The van der Waals surface area contributed by atoms with E-state index in [1.54, 1.807) is 61.5 Å². The highest BCUT2D eigenvalue weighted by molar-refractivity contribution is 7.89. The van der Waals surface area contributed by atoms with Gasteiger partial charge in [-0.15, -0.1) is 0 Å². The molecule has 0 heterocycles. The molecular weight excluding hydrogens is 445 g/mol. The molecule has 3 aromatic rings. The predicted molar refractivity (Wildman–Crippen MR) is 125 cm³/mol. The van der Waals surface area contributed by atoms with Gasteiger partial charge in [-0.2, -0.15) is 4.72 Å². The molecule has 0 unspecified atom stereocenters. The van der Waals surface area contributed by atoms with Crippen LogP contribution < -0.4 is 15.4 Å². The maximum atomic E-state index is 14.1. The molecule has 2 amide bonds. The molecule has 0 saturated carbocycles. The number of nitrogens with one attached hydrogen (secondary N) is 3. The Labute approximate surface area is 192 Å². The van der Waals surface area contributed by atoms with Gasteiger partial charge in [0.1, 0.15) is 16.8 Å². The first-order chi connectivity index (χ1) is 15.8. The summed E-state index contributed by atoms with van der Waals surface area (Å²) in [4.78, 5) is 24.0. The average molecular weight is 470 g/mol. The summed E-state index contributed by atoms with van der Waals surface area (Å²) in [5.41, 5.74) is 1.71. The van der Waals surface area contributed by atoms with Crippen molar-refractivity contribution in [3.05, 3.63) is 90.2 Å². The molecule has 0 aliphatic rings. The van der Waals surface area contributed by atoms with Gasteiger partial charge in [-0.05, 0) is 48.4 Å². The van der Waals surface area contributed by atoms with E-state index in [4.69, 9.17) is 0 Å². The van der Waals surface area contributed by atoms with Gasteiger partial charge in [0.25, 0.3) is 0 Å². The van der Waals surface area contributed by atoms with Crippen LogP contribution in [0.3, 0.4) is 0 Å². The number of benzene rings is 3. The highest BCUT2D eigenvalue weighted by atomic mass is 32.2. The molecule has 0 bridgehead atoms. The average Bonchev–Trinajstić information content (AvgIpc) is 2.80. The number of hydrogen-bond donors (Lipinski definition) is 3. The van der Waals surface area contributed by atoms with E-state index in [2.05, 4.69) is 15.4 Å². The molecule has 0 fully saturated rings. The summed E-state index contributed by atoms with van der Waals surface area (Å²) in [7, 11) is -4.30. The van der Waals surface area contributed by atoms with E-state index in [9.17, 15) is 22.4 Å². The standard InChI is InChI=1S/C24H24FN3O4S/c1-2-23(29)26-18-12-14-19(15-13-18)27-24(30)21(16-17-8-4-3-5-9-17)28-33(31,32)22-11-7-6-10-20(22)25/h3-15,21,28H,2,16H2,1H3,(H,26,29)(H,27,30)/t21-/m0/s1. The second-order valence-corrected chi connectivity index (χ2v) is 8.94. The minimum absolute atomic E-state index is 0.0605. The quantitative estimate of drug-likeness (QED) is 0.444. The van der Waals surface area contributed by atoms with E-state index in [1.807, 2.05) is 0 Å². The van der Waals surface area contributed by atoms with Crippen LogP contribution in [0.1, 0.15) is 18.9 Å². The molecular formula is C24H24FN3O4S. The lowest BCUT2D eigenvalue weighted by atomic mass is 10.1. The zero-order valence-corrected chi connectivity index (χ0v) is 18.7. The van der Waals surface area contributed by atoms with Crippen LogP contribution in [0, 0.1) is 5.82 Å². The highest BCUT2D eigenvalue weighted by Gasteiger charge is 2.28. The number of carbonyl (C=O) groups excluding carboxylic acids is 2. The third-order valence-corrected chi connectivity index (χ3v) is 6.28. The van der Waals surface area contributed by atoms with Crippen LogP contribution in [-0.2, 0) is 26.0 Å². The molecule has 33 heavy (non-hydrogen) atoms. The minimum Gasteiger partial charge on any atom is -0.326 e. The van der Waals surface area contributed by atoms with Gasteiger partial charge in [0, 0.05) is 17.8 Å². The van der Waals surface area contributed by atoms with Gasteiger partial charge in [0.05, 0.1) is 0 Å². The molecule has 0 radical (unpaired) electrons. The molecule has 0 aromatic heterocycles. The topological polar surface area (TPSA) is 104 Å². The zero-order chi connectivity index (χ0) is 23.8. The lowest BCUT2D eigenvalue weighted by Gasteiger charge is -2.19. The Hall–Kier alpha value is -3.56. The van der Waals surface area contributed by atoms with Crippen molar-refractivity contribution in [2.24, 2.45) is 0 Å². The molecule has 3 N–H and O–H groups in total. The van der Waals surface area contributed by atoms with Crippen LogP contribution in [0.4, 0.5) is 15.8 Å². The van der Waals surface area contributed by atoms with Crippen molar-refractivity contribution in [3.8, 4) is 0 Å². The fourth-order valence-electron chi connectivity index (χ4n) is 3.07. The zero-order valence-electron chi connectivity index (χ0n) is 17.9. The van der Waals surface area contributed by atoms with Crippen molar-refractivity contribution in [3.63, 3.8) is 0 Å². The third-order valence-electron chi connectivity index (χ3n) is 4.78. The number of anilines is 2. The summed E-state index contributed by atoms with van der Waals surface area (Å²) in [5.74, 6) is -1.66. The van der Waals surface area contributed by atoms with Gasteiger partial charge in [-0.25, -0.2) is 12.8 Å². The number of amides is 2. The Morgan fingerprint density at radius 2 is 1.42 bits per heavy atom. The minimum atomic E-state index is -4.30. The molecule has 9 heteroatoms. The van der Waals surface area contributed by atoms with Gasteiger partial charge in [0.15, 0.2) is 0 Å².